The lowest BCUT2D eigenvalue weighted by Gasteiger charge is -2.15. The van der Waals surface area contributed by atoms with Crippen LogP contribution in [0.1, 0.15) is 25.0 Å². The predicted octanol–water partition coefficient (Wildman–Crippen LogP) is 5.34. The molecule has 4 rings (SSSR count). The Kier molecular flexibility index (Phi) is 11.0. The highest BCUT2D eigenvalue weighted by molar-refractivity contribution is 6.39. The van der Waals surface area contributed by atoms with E-state index in [0.717, 1.165) is 5.56 Å². The van der Waals surface area contributed by atoms with Gasteiger partial charge in [-0.2, -0.15) is 0 Å². The van der Waals surface area contributed by atoms with Crippen LogP contribution in [0.25, 0.3) is 22.5 Å². The standard InChI is InChI=1S/C30H33Cl2FN6O3/c1-17(40)13-34-15-19-9-11-37-29(27(19)33)38-24-6-4-5-22(25(24)31)28-26(32)21(10-12-36-28)23-8-7-20(30(39-23)42-3)16-35-14-18(2)41/h4-12,17-18,34-35,40-41H,13-16H2,1-3H3,(H,37,38)/t17-,18-/m0/s1. The number of aliphatic hydroxyl groups excluding tert-OH is 2. The van der Waals surface area contributed by atoms with Crippen LogP contribution in [0.3, 0.4) is 0 Å². The van der Waals surface area contributed by atoms with Crippen LogP contribution in [0.15, 0.2) is 54.9 Å². The molecule has 5 N–H and O–H groups in total. The molecule has 0 amide bonds. The Morgan fingerprint density at radius 2 is 1.55 bits per heavy atom. The summed E-state index contributed by atoms with van der Waals surface area (Å²) in [5, 5.41) is 28.7. The highest BCUT2D eigenvalue weighted by atomic mass is 35.5. The molecule has 2 atom stereocenters. The van der Waals surface area contributed by atoms with Gasteiger partial charge in [-0.15, -0.1) is 0 Å². The number of halogens is 3. The van der Waals surface area contributed by atoms with E-state index < -0.39 is 18.0 Å². The zero-order chi connectivity index (χ0) is 30.2. The predicted molar refractivity (Wildman–Crippen MR) is 164 cm³/mol. The molecule has 0 aliphatic rings. The van der Waals surface area contributed by atoms with Crippen molar-refractivity contribution in [2.75, 3.05) is 25.5 Å². The van der Waals surface area contributed by atoms with Gasteiger partial charge in [-0.3, -0.25) is 4.98 Å². The molecule has 3 aromatic heterocycles. The summed E-state index contributed by atoms with van der Waals surface area (Å²) in [7, 11) is 1.54. The minimum Gasteiger partial charge on any atom is -0.481 e. The number of pyridine rings is 3. The summed E-state index contributed by atoms with van der Waals surface area (Å²) >= 11 is 13.7. The second-order valence-corrected chi connectivity index (χ2v) is 10.5. The summed E-state index contributed by atoms with van der Waals surface area (Å²) in [5.41, 5.74) is 3.82. The van der Waals surface area contributed by atoms with Crippen LogP contribution < -0.4 is 20.7 Å². The van der Waals surface area contributed by atoms with E-state index in [0.29, 0.717) is 64.3 Å². The molecule has 0 saturated carbocycles. The largest absolute Gasteiger partial charge is 0.481 e. The summed E-state index contributed by atoms with van der Waals surface area (Å²) in [4.78, 5) is 13.3. The van der Waals surface area contributed by atoms with Gasteiger partial charge in [0.1, 0.15) is 0 Å². The van der Waals surface area contributed by atoms with Gasteiger partial charge in [0.15, 0.2) is 11.6 Å². The zero-order valence-electron chi connectivity index (χ0n) is 23.5. The van der Waals surface area contributed by atoms with E-state index in [1.807, 2.05) is 12.1 Å². The molecule has 1 aromatic carbocycles. The first-order valence-corrected chi connectivity index (χ1v) is 14.1. The maximum atomic E-state index is 15.2. The minimum atomic E-state index is -0.547. The monoisotopic (exact) mass is 614 g/mol. The van der Waals surface area contributed by atoms with Gasteiger partial charge >= 0.3 is 0 Å². The molecule has 0 spiro atoms. The molecule has 0 radical (unpaired) electrons. The molecule has 3 heterocycles. The first-order chi connectivity index (χ1) is 20.2. The molecule has 0 unspecified atom stereocenters. The van der Waals surface area contributed by atoms with Crippen molar-refractivity contribution in [1.29, 1.82) is 0 Å². The molecule has 0 bridgehead atoms. The first kappa shape index (κ1) is 31.6. The molecule has 0 fully saturated rings. The number of anilines is 2. The van der Waals surface area contributed by atoms with Gasteiger partial charge in [-0.05, 0) is 38.1 Å². The molecule has 9 nitrogen and oxygen atoms in total. The van der Waals surface area contributed by atoms with Crippen LogP contribution in [0.4, 0.5) is 15.9 Å². The molecule has 0 aliphatic heterocycles. The third-order valence-corrected chi connectivity index (χ3v) is 7.07. The highest BCUT2D eigenvalue weighted by Gasteiger charge is 2.19. The van der Waals surface area contributed by atoms with E-state index in [-0.39, 0.29) is 17.4 Å². The number of hydrogen-bond acceptors (Lipinski definition) is 9. The quantitative estimate of drug-likeness (QED) is 0.136. The SMILES string of the molecule is COc1nc(-c2ccnc(-c3cccc(Nc4nccc(CNC[C@H](C)O)c4F)c3Cl)c2Cl)ccc1CNC[C@H](C)O. The van der Waals surface area contributed by atoms with Gasteiger partial charge in [-0.25, -0.2) is 14.4 Å². The number of nitrogens with zero attached hydrogens (tertiary/aromatic N) is 3. The van der Waals surface area contributed by atoms with Gasteiger partial charge in [-0.1, -0.05) is 41.4 Å². The van der Waals surface area contributed by atoms with Crippen molar-refractivity contribution >= 4 is 34.7 Å². The van der Waals surface area contributed by atoms with Crippen LogP contribution in [-0.4, -0.2) is 57.6 Å². The van der Waals surface area contributed by atoms with Crippen molar-refractivity contribution < 1.29 is 19.3 Å². The lowest BCUT2D eigenvalue weighted by atomic mass is 10.1. The number of rotatable bonds is 13. The van der Waals surface area contributed by atoms with Gasteiger partial charge in [0, 0.05) is 60.8 Å². The van der Waals surface area contributed by atoms with Crippen molar-refractivity contribution in [1.82, 2.24) is 25.6 Å². The smallest absolute Gasteiger partial charge is 0.218 e. The van der Waals surface area contributed by atoms with Crippen LogP contribution >= 0.6 is 23.2 Å². The fraction of sp³-hybridized carbons (Fsp3) is 0.300. The summed E-state index contributed by atoms with van der Waals surface area (Å²) < 4.78 is 20.7. The van der Waals surface area contributed by atoms with E-state index >= 15 is 4.39 Å². The van der Waals surface area contributed by atoms with Crippen molar-refractivity contribution in [3.8, 4) is 28.4 Å². The van der Waals surface area contributed by atoms with Gasteiger partial charge in [0.05, 0.1) is 46.4 Å². The number of benzene rings is 1. The number of methoxy groups -OCH3 is 1. The van der Waals surface area contributed by atoms with E-state index in [2.05, 4.69) is 30.9 Å². The van der Waals surface area contributed by atoms with E-state index in [1.54, 1.807) is 57.5 Å². The third kappa shape index (κ3) is 7.71. The average Bonchev–Trinajstić information content (AvgIpc) is 2.96. The second kappa shape index (κ2) is 14.7. The summed E-state index contributed by atoms with van der Waals surface area (Å²) in [6, 6.07) is 12.3. The number of aliphatic hydroxyl groups is 2. The number of ether oxygens (including phenoxy) is 1. The van der Waals surface area contributed by atoms with E-state index in [4.69, 9.17) is 27.9 Å². The van der Waals surface area contributed by atoms with Gasteiger partial charge in [0.2, 0.25) is 5.88 Å². The Balaban J connectivity index is 1.61. The summed E-state index contributed by atoms with van der Waals surface area (Å²) in [6.45, 7) is 4.83. The maximum Gasteiger partial charge on any atom is 0.218 e. The van der Waals surface area contributed by atoms with E-state index in [9.17, 15) is 10.2 Å². The van der Waals surface area contributed by atoms with Crippen molar-refractivity contribution in [2.24, 2.45) is 0 Å². The van der Waals surface area contributed by atoms with Crippen molar-refractivity contribution in [3.05, 3.63) is 81.8 Å². The Morgan fingerprint density at radius 3 is 2.24 bits per heavy atom. The Labute approximate surface area is 254 Å². The van der Waals surface area contributed by atoms with Crippen LogP contribution in [0, 0.1) is 5.82 Å². The maximum absolute atomic E-state index is 15.2. The molecular weight excluding hydrogens is 582 g/mol. The Bertz CT molecular complexity index is 1520. The Hall–Kier alpha value is -3.38. The lowest BCUT2D eigenvalue weighted by molar-refractivity contribution is 0.190. The number of aromatic nitrogens is 3. The summed E-state index contributed by atoms with van der Waals surface area (Å²) in [5.74, 6) is -0.0839. The summed E-state index contributed by atoms with van der Waals surface area (Å²) in [6.07, 6.45) is 2.10. The van der Waals surface area contributed by atoms with Crippen molar-refractivity contribution in [3.63, 3.8) is 0 Å². The highest BCUT2D eigenvalue weighted by Crippen LogP contribution is 2.40. The van der Waals surface area contributed by atoms with Crippen molar-refractivity contribution in [2.45, 2.75) is 39.1 Å². The molecule has 42 heavy (non-hydrogen) atoms. The normalized spacial score (nSPS) is 12.7. The minimum absolute atomic E-state index is 0.0116. The third-order valence-electron chi connectivity index (χ3n) is 6.28. The molecular formula is C30H33Cl2FN6O3. The molecule has 4 aromatic rings. The van der Waals surface area contributed by atoms with Gasteiger partial charge < -0.3 is 30.9 Å². The van der Waals surface area contributed by atoms with Crippen LogP contribution in [0.2, 0.25) is 10.0 Å². The number of hydrogen-bond donors (Lipinski definition) is 5. The lowest BCUT2D eigenvalue weighted by Crippen LogP contribution is -2.24. The zero-order valence-corrected chi connectivity index (χ0v) is 25.0. The molecule has 0 saturated heterocycles. The van der Waals surface area contributed by atoms with Gasteiger partial charge in [0.25, 0.3) is 0 Å². The fourth-order valence-electron chi connectivity index (χ4n) is 4.24. The molecule has 0 aliphatic carbocycles. The first-order valence-electron chi connectivity index (χ1n) is 13.3. The Morgan fingerprint density at radius 1 is 0.857 bits per heavy atom. The number of nitrogens with one attached hydrogen (secondary N) is 3. The topological polar surface area (TPSA) is 124 Å². The van der Waals surface area contributed by atoms with Crippen LogP contribution in [-0.2, 0) is 13.1 Å². The molecule has 12 heteroatoms. The average molecular weight is 616 g/mol. The fourth-order valence-corrected chi connectivity index (χ4v) is 4.81. The van der Waals surface area contributed by atoms with Crippen LogP contribution in [0.5, 0.6) is 5.88 Å². The second-order valence-electron chi connectivity index (χ2n) is 9.77. The molecule has 222 valence electrons. The van der Waals surface area contributed by atoms with E-state index in [1.165, 1.54) is 6.20 Å².